The first-order chi connectivity index (χ1) is 13.3. The topological polar surface area (TPSA) is 63.6 Å². The number of halogens is 6. The Labute approximate surface area is 170 Å². The molecule has 11 heteroatoms. The Morgan fingerprint density at radius 1 is 1.00 bits per heavy atom. The molecule has 0 spiro atoms. The van der Waals surface area contributed by atoms with Crippen molar-refractivity contribution in [2.45, 2.75) is 25.7 Å². The summed E-state index contributed by atoms with van der Waals surface area (Å²) in [6.07, 6.45) is -8.48. The molecular weight excluding hydrogens is 469 g/mol. The summed E-state index contributed by atoms with van der Waals surface area (Å²) in [7, 11) is 0. The second-order valence-electron chi connectivity index (χ2n) is 5.47. The molecule has 0 radical (unpaired) electrons. The van der Waals surface area contributed by atoms with Crippen molar-refractivity contribution in [1.82, 2.24) is 0 Å². The van der Waals surface area contributed by atoms with Crippen LogP contribution in [0.1, 0.15) is 34.8 Å². The number of hydrogen-bond acceptors (Lipinski definition) is 3. The van der Waals surface area contributed by atoms with Gasteiger partial charge in [-0.05, 0) is 0 Å². The van der Waals surface area contributed by atoms with Gasteiger partial charge in [0.1, 0.15) is 6.29 Å². The molecule has 158 valence electrons. The van der Waals surface area contributed by atoms with Crippen molar-refractivity contribution < 1.29 is 45.8 Å². The summed E-state index contributed by atoms with van der Waals surface area (Å²) in [6, 6.07) is 4.47. The van der Waals surface area contributed by atoms with Crippen LogP contribution in [-0.2, 0) is 17.1 Å². The molecule has 0 aliphatic heterocycles. The number of carbonyl (C=O) groups excluding carboxylic acids is 1. The molecule has 0 amide bonds. The van der Waals surface area contributed by atoms with E-state index < -0.39 is 35.2 Å². The number of ether oxygens (including phenoxy) is 1. The van der Waals surface area contributed by atoms with Gasteiger partial charge in [-0.2, -0.15) is 0 Å². The van der Waals surface area contributed by atoms with E-state index in [1.165, 1.54) is 12.1 Å². The second-order valence-corrected chi connectivity index (χ2v) is 6.78. The molecule has 1 unspecified atom stereocenters. The maximum atomic E-state index is 12.8. The predicted molar refractivity (Wildman–Crippen MR) is 94.5 cm³/mol. The summed E-state index contributed by atoms with van der Waals surface area (Å²) < 4.78 is 82.3. The molecule has 0 saturated heterocycles. The van der Waals surface area contributed by atoms with E-state index in [2.05, 4.69) is 0 Å². The summed E-state index contributed by atoms with van der Waals surface area (Å²) in [5, 5.41) is 9.01. The van der Waals surface area contributed by atoms with E-state index in [1.54, 1.807) is 0 Å². The van der Waals surface area contributed by atoms with Gasteiger partial charge >= 0.3 is 145 Å². The number of aromatic carboxylic acids is 1. The van der Waals surface area contributed by atoms with Crippen LogP contribution in [-0.4, -0.2) is 34.2 Å². The number of carboxylic acids is 1. The summed E-state index contributed by atoms with van der Waals surface area (Å²) in [5.74, 6) is -2.18. The van der Waals surface area contributed by atoms with Crippen molar-refractivity contribution in [2.75, 3.05) is 0 Å². The number of alkyl halides is 6. The molecule has 0 bridgehead atoms. The van der Waals surface area contributed by atoms with Crippen molar-refractivity contribution in [2.24, 2.45) is 0 Å². The molecule has 0 aliphatic rings. The molecule has 0 aliphatic carbocycles. The van der Waals surface area contributed by atoms with Gasteiger partial charge in [-0.25, -0.2) is 0 Å². The van der Waals surface area contributed by atoms with Gasteiger partial charge in [0.2, 0.25) is 0 Å². The first-order valence-electron chi connectivity index (χ1n) is 7.83. The van der Waals surface area contributed by atoms with Crippen molar-refractivity contribution in [3.05, 3.63) is 53.1 Å². The number of benzene rings is 2. The van der Waals surface area contributed by atoms with Crippen LogP contribution in [0.3, 0.4) is 0 Å². The fourth-order valence-electron chi connectivity index (χ4n) is 1.91. The molecule has 2 aromatic carbocycles. The summed E-state index contributed by atoms with van der Waals surface area (Å²) in [4.78, 5) is 20.2. The van der Waals surface area contributed by atoms with E-state index in [1.807, 2.05) is 6.92 Å². The minimum absolute atomic E-state index is 0.0206. The standard InChI is InChI=1S/C15H9AsF6O3.C3H6O/c16-12-2-1-9(6-11(12)13(23)24)25-10-4-7(14(17,18)19)3-8(5-10)15(20,21)22;1-2-3-4/h1-6H,16H2,(H,23,24);3H,2H2,1H3. The Hall–Kier alpha value is -2.48. The van der Waals surface area contributed by atoms with Crippen LogP contribution >= 0.6 is 0 Å². The molecule has 0 heterocycles. The van der Waals surface area contributed by atoms with Gasteiger partial charge in [0, 0.05) is 6.42 Å². The molecule has 0 aromatic heterocycles. The van der Waals surface area contributed by atoms with Gasteiger partial charge in [-0.15, -0.1) is 0 Å². The van der Waals surface area contributed by atoms with Gasteiger partial charge in [0.15, 0.2) is 0 Å². The fourth-order valence-corrected chi connectivity index (χ4v) is 2.54. The molecule has 0 fully saturated rings. The molecule has 1 N–H and O–H groups in total. The summed E-state index contributed by atoms with van der Waals surface area (Å²) in [5.41, 5.74) is -3.20. The van der Waals surface area contributed by atoms with E-state index in [0.29, 0.717) is 22.9 Å². The SMILES string of the molecule is CCC=O.O=C(O)c1cc(Oc2cc(C(F)(F)F)cc(C(F)(F)F)c2)ccc1[AsH2]. The summed E-state index contributed by atoms with van der Waals surface area (Å²) >= 11 is 0.995. The van der Waals surface area contributed by atoms with Crippen molar-refractivity contribution in [1.29, 1.82) is 0 Å². The zero-order chi connectivity index (χ0) is 22.4. The third kappa shape index (κ3) is 7.45. The predicted octanol–water partition coefficient (Wildman–Crippen LogP) is 4.07. The average molecular weight is 484 g/mol. The molecule has 0 saturated carbocycles. The van der Waals surface area contributed by atoms with Crippen LogP contribution in [0, 0.1) is 0 Å². The van der Waals surface area contributed by atoms with E-state index in [9.17, 15) is 35.9 Å². The third-order valence-electron chi connectivity index (χ3n) is 3.22. The van der Waals surface area contributed by atoms with Crippen LogP contribution in [0.5, 0.6) is 11.5 Å². The van der Waals surface area contributed by atoms with Crippen LogP contribution in [0.2, 0.25) is 0 Å². The molecule has 2 aromatic rings. The number of hydrogen-bond donors (Lipinski definition) is 1. The molecule has 29 heavy (non-hydrogen) atoms. The van der Waals surface area contributed by atoms with Gasteiger partial charge in [-0.1, -0.05) is 6.92 Å². The zero-order valence-electron chi connectivity index (χ0n) is 14.8. The van der Waals surface area contributed by atoms with Gasteiger partial charge in [0.25, 0.3) is 0 Å². The molecule has 4 nitrogen and oxygen atoms in total. The monoisotopic (exact) mass is 484 g/mol. The van der Waals surface area contributed by atoms with Crippen LogP contribution < -0.4 is 9.09 Å². The molecular formula is C18H15AsF6O4. The first kappa shape index (κ1) is 24.6. The fraction of sp³-hybridized carbons (Fsp3) is 0.222. The minimum atomic E-state index is -5.00. The van der Waals surface area contributed by atoms with E-state index in [-0.39, 0.29) is 17.4 Å². The Kier molecular flexibility index (Phi) is 8.32. The van der Waals surface area contributed by atoms with Crippen LogP contribution in [0.25, 0.3) is 0 Å². The average Bonchev–Trinajstić information content (AvgIpc) is 2.61. The number of aldehydes is 1. The van der Waals surface area contributed by atoms with Gasteiger partial charge < -0.3 is 4.79 Å². The maximum absolute atomic E-state index is 12.8. The first-order valence-corrected chi connectivity index (χ1v) is 9.04. The van der Waals surface area contributed by atoms with Gasteiger partial charge in [-0.3, -0.25) is 0 Å². The van der Waals surface area contributed by atoms with E-state index in [0.717, 1.165) is 29.2 Å². The van der Waals surface area contributed by atoms with Crippen molar-refractivity contribution in [3.8, 4) is 11.5 Å². The van der Waals surface area contributed by atoms with E-state index in [4.69, 9.17) is 9.84 Å². The zero-order valence-corrected chi connectivity index (χ0v) is 17.2. The third-order valence-corrected chi connectivity index (χ3v) is 4.28. The number of carbonyl (C=O) groups is 2. The van der Waals surface area contributed by atoms with Crippen molar-refractivity contribution in [3.63, 3.8) is 0 Å². The Morgan fingerprint density at radius 3 is 1.86 bits per heavy atom. The Balaban J connectivity index is 0.000000960. The van der Waals surface area contributed by atoms with Crippen LogP contribution in [0.4, 0.5) is 26.3 Å². The number of rotatable bonds is 4. The van der Waals surface area contributed by atoms with Crippen molar-refractivity contribution >= 4 is 33.5 Å². The summed E-state index contributed by atoms with van der Waals surface area (Å²) in [6.45, 7) is 1.81. The van der Waals surface area contributed by atoms with E-state index >= 15 is 0 Å². The normalized spacial score (nSPS) is 11.3. The second kappa shape index (κ2) is 9.82. The van der Waals surface area contributed by atoms with Crippen LogP contribution in [0.15, 0.2) is 36.4 Å². The number of carboxylic acid groups (broad SMARTS) is 1. The quantitative estimate of drug-likeness (QED) is 0.404. The molecule has 2 rings (SSSR count). The molecule has 1 atom stereocenters. The Morgan fingerprint density at radius 2 is 1.48 bits per heavy atom. The Bertz CT molecular complexity index is 845. The van der Waals surface area contributed by atoms with Gasteiger partial charge in [0.05, 0.1) is 0 Å².